The van der Waals surface area contributed by atoms with Crippen LogP contribution in [0.5, 0.6) is 17.2 Å². The van der Waals surface area contributed by atoms with Crippen molar-refractivity contribution < 1.29 is 27.4 Å². The van der Waals surface area contributed by atoms with Gasteiger partial charge >= 0.3 is 6.18 Å². The molecule has 0 saturated carbocycles. The lowest BCUT2D eigenvalue weighted by molar-refractivity contribution is -0.137. The number of nitrogens with zero attached hydrogens (tertiary/aromatic N) is 5. The predicted molar refractivity (Wildman–Crippen MR) is 143 cm³/mol. The first-order chi connectivity index (χ1) is 19.0. The first-order valence-corrected chi connectivity index (χ1v) is 12.6. The monoisotopic (exact) mass is 575 g/mol. The molecule has 3 aromatic heterocycles. The summed E-state index contributed by atoms with van der Waals surface area (Å²) in [5.41, 5.74) is -0.0476. The van der Waals surface area contributed by atoms with Crippen molar-refractivity contribution in [2.75, 3.05) is 30.8 Å². The summed E-state index contributed by atoms with van der Waals surface area (Å²) in [5, 5.41) is 5.70. The Bertz CT molecular complexity index is 1580. The number of ether oxygens (including phenoxy) is 2. The van der Waals surface area contributed by atoms with Gasteiger partial charge < -0.3 is 29.6 Å². The number of nitrogens with one attached hydrogen (secondary N) is 2. The lowest BCUT2D eigenvalue weighted by Crippen LogP contribution is -2.21. The van der Waals surface area contributed by atoms with Gasteiger partial charge in [0.1, 0.15) is 34.0 Å². The number of rotatable bonds is 7. The lowest BCUT2D eigenvalue weighted by atomic mass is 10.1. The molecule has 40 heavy (non-hydrogen) atoms. The minimum Gasteiger partial charge on any atom is -0.489 e. The van der Waals surface area contributed by atoms with Gasteiger partial charge in [0.2, 0.25) is 11.9 Å². The summed E-state index contributed by atoms with van der Waals surface area (Å²) in [7, 11) is 3.58. The first-order valence-electron chi connectivity index (χ1n) is 12.2. The number of aromatic nitrogens is 4. The normalized spacial score (nSPS) is 15.8. The second kappa shape index (κ2) is 10.8. The van der Waals surface area contributed by atoms with Gasteiger partial charge in [-0.15, -0.1) is 0 Å². The number of likely N-dealkylation sites (N-methyl/N-ethyl adjacent to an activating group) is 1. The second-order valence-corrected chi connectivity index (χ2v) is 9.80. The topological polar surface area (TPSA) is 106 Å². The van der Waals surface area contributed by atoms with E-state index in [1.54, 1.807) is 17.7 Å². The number of benzene rings is 1. The molecule has 14 heteroatoms. The molecule has 1 aliphatic rings. The van der Waals surface area contributed by atoms with Crippen LogP contribution in [0.4, 0.5) is 30.6 Å². The van der Waals surface area contributed by atoms with Crippen LogP contribution in [0.1, 0.15) is 18.9 Å². The molecule has 10 nitrogen and oxygen atoms in total. The van der Waals surface area contributed by atoms with Crippen molar-refractivity contribution in [2.24, 2.45) is 7.05 Å². The van der Waals surface area contributed by atoms with Crippen molar-refractivity contribution in [3.8, 4) is 17.2 Å². The Labute approximate surface area is 232 Å². The number of amides is 1. The van der Waals surface area contributed by atoms with Crippen molar-refractivity contribution in [2.45, 2.75) is 25.6 Å². The van der Waals surface area contributed by atoms with Gasteiger partial charge in [-0.1, -0.05) is 11.6 Å². The average Bonchev–Trinajstić information content (AvgIpc) is 3.42. The van der Waals surface area contributed by atoms with E-state index in [0.29, 0.717) is 23.6 Å². The number of imidazole rings is 1. The van der Waals surface area contributed by atoms with Gasteiger partial charge in [-0.2, -0.15) is 18.2 Å². The summed E-state index contributed by atoms with van der Waals surface area (Å²) < 4.78 is 54.4. The van der Waals surface area contributed by atoms with Gasteiger partial charge in [0.15, 0.2) is 11.4 Å². The molecule has 4 heterocycles. The summed E-state index contributed by atoms with van der Waals surface area (Å²) in [6.45, 7) is 2.80. The molecule has 1 amide bonds. The number of alkyl halides is 3. The molecule has 210 valence electrons. The molecule has 0 spiro atoms. The highest BCUT2D eigenvalue weighted by Crippen LogP contribution is 2.38. The molecule has 5 rings (SSSR count). The molecule has 1 atom stereocenters. The Kier molecular flexibility index (Phi) is 7.43. The van der Waals surface area contributed by atoms with E-state index < -0.39 is 11.7 Å². The number of hydrogen-bond donors (Lipinski definition) is 2. The molecule has 1 aliphatic heterocycles. The minimum absolute atomic E-state index is 0.110. The summed E-state index contributed by atoms with van der Waals surface area (Å²) in [6.07, 6.45) is -1.20. The van der Waals surface area contributed by atoms with Crippen LogP contribution in [0.15, 0.2) is 42.7 Å². The summed E-state index contributed by atoms with van der Waals surface area (Å²) >= 11 is 6.64. The zero-order chi connectivity index (χ0) is 28.6. The number of fused-ring (bicyclic) bond motifs is 1. The Morgan fingerprint density at radius 2 is 1.95 bits per heavy atom. The van der Waals surface area contributed by atoms with Gasteiger partial charge in [0.25, 0.3) is 0 Å². The molecular formula is C26H25ClF3N7O3. The van der Waals surface area contributed by atoms with Crippen LogP contribution in [-0.4, -0.2) is 56.6 Å². The van der Waals surface area contributed by atoms with Gasteiger partial charge in [0.05, 0.1) is 11.8 Å². The zero-order valence-electron chi connectivity index (χ0n) is 21.7. The SMILES string of the molecule is CC(=O)Nc1cc(Oc2cnc3nc(Nc4cc(O[C@H]5CCN(C)C5)cc(C(F)(F)F)c4)n(C)c3c2Cl)ccn1. The maximum Gasteiger partial charge on any atom is 0.416 e. The van der Waals surface area contributed by atoms with E-state index in [1.165, 1.54) is 31.5 Å². The van der Waals surface area contributed by atoms with E-state index >= 15 is 0 Å². The zero-order valence-corrected chi connectivity index (χ0v) is 22.5. The Morgan fingerprint density at radius 1 is 1.15 bits per heavy atom. The third kappa shape index (κ3) is 6.05. The number of aryl methyl sites for hydroxylation is 1. The van der Waals surface area contributed by atoms with Crippen molar-refractivity contribution in [3.63, 3.8) is 0 Å². The lowest BCUT2D eigenvalue weighted by Gasteiger charge is -2.17. The quantitative estimate of drug-likeness (QED) is 0.293. The van der Waals surface area contributed by atoms with Crippen molar-refractivity contribution in [3.05, 3.63) is 53.3 Å². The minimum atomic E-state index is -4.57. The molecule has 1 aromatic carbocycles. The van der Waals surface area contributed by atoms with Crippen molar-refractivity contribution >= 4 is 46.1 Å². The van der Waals surface area contributed by atoms with Crippen molar-refractivity contribution in [1.82, 2.24) is 24.4 Å². The number of halogens is 4. The molecule has 0 bridgehead atoms. The summed E-state index contributed by atoms with van der Waals surface area (Å²) in [6, 6.07) is 6.60. The summed E-state index contributed by atoms with van der Waals surface area (Å²) in [4.78, 5) is 26.1. The maximum absolute atomic E-state index is 13.7. The Balaban J connectivity index is 1.43. The molecule has 0 aliphatic carbocycles. The second-order valence-electron chi connectivity index (χ2n) is 9.42. The predicted octanol–water partition coefficient (Wildman–Crippen LogP) is 5.61. The highest BCUT2D eigenvalue weighted by molar-refractivity contribution is 6.36. The number of hydrogen-bond acceptors (Lipinski definition) is 8. The van der Waals surface area contributed by atoms with Crippen LogP contribution in [0.2, 0.25) is 5.02 Å². The van der Waals surface area contributed by atoms with E-state index in [-0.39, 0.29) is 45.8 Å². The number of likely N-dealkylation sites (tertiary alicyclic amines) is 1. The molecule has 0 radical (unpaired) electrons. The third-order valence-electron chi connectivity index (χ3n) is 6.21. The van der Waals surface area contributed by atoms with E-state index in [2.05, 4.69) is 30.5 Å². The average molecular weight is 576 g/mol. The number of anilines is 3. The molecular weight excluding hydrogens is 551 g/mol. The molecule has 0 unspecified atom stereocenters. The standard InChI is InChI=1S/C26H25ClF3N7O3/c1-14(38)33-21-11-17(4-6-31-21)40-20-12-32-24-23(22(20)27)37(3)25(35-24)34-16-8-15(26(28,29)30)9-19(10-16)39-18-5-7-36(2)13-18/h4,6,8-12,18H,5,7,13H2,1-3H3,(H,31,33,38)(H,32,34,35)/t18-/m0/s1. The van der Waals surface area contributed by atoms with E-state index in [4.69, 9.17) is 21.1 Å². The van der Waals surface area contributed by atoms with Crippen molar-refractivity contribution in [1.29, 1.82) is 0 Å². The molecule has 2 N–H and O–H groups in total. The Hall–Kier alpha value is -4.10. The van der Waals surface area contributed by atoms with Gasteiger partial charge in [-0.25, -0.2) is 9.97 Å². The maximum atomic E-state index is 13.7. The van der Waals surface area contributed by atoms with Crippen LogP contribution < -0.4 is 20.1 Å². The molecule has 1 fully saturated rings. The van der Waals surface area contributed by atoms with Crippen LogP contribution in [0.3, 0.4) is 0 Å². The van der Waals surface area contributed by atoms with Crippen LogP contribution in [0.25, 0.3) is 11.2 Å². The van der Waals surface area contributed by atoms with E-state index in [9.17, 15) is 18.0 Å². The molecule has 1 saturated heterocycles. The fraction of sp³-hybridized carbons (Fsp3) is 0.308. The largest absolute Gasteiger partial charge is 0.489 e. The fourth-order valence-electron chi connectivity index (χ4n) is 4.36. The highest BCUT2D eigenvalue weighted by Gasteiger charge is 2.32. The summed E-state index contributed by atoms with van der Waals surface area (Å²) in [5.74, 6) is 0.897. The van der Waals surface area contributed by atoms with Gasteiger partial charge in [-0.05, 0) is 31.7 Å². The van der Waals surface area contributed by atoms with Crippen LogP contribution >= 0.6 is 11.6 Å². The first kappa shape index (κ1) is 27.5. The number of pyridine rings is 2. The number of carbonyl (C=O) groups excluding carboxylic acids is 1. The van der Waals surface area contributed by atoms with Crippen LogP contribution in [-0.2, 0) is 18.0 Å². The van der Waals surface area contributed by atoms with Gasteiger partial charge in [0, 0.05) is 51.1 Å². The smallest absolute Gasteiger partial charge is 0.416 e. The third-order valence-corrected chi connectivity index (χ3v) is 6.57. The van der Waals surface area contributed by atoms with E-state index in [1.807, 2.05) is 7.05 Å². The number of carbonyl (C=O) groups is 1. The van der Waals surface area contributed by atoms with Gasteiger partial charge in [-0.3, -0.25) is 4.79 Å². The van der Waals surface area contributed by atoms with Crippen LogP contribution in [0, 0.1) is 0 Å². The molecule has 4 aromatic rings. The fourth-order valence-corrected chi connectivity index (χ4v) is 4.66. The van der Waals surface area contributed by atoms with E-state index in [0.717, 1.165) is 25.1 Å². The Morgan fingerprint density at radius 3 is 2.65 bits per heavy atom. The highest BCUT2D eigenvalue weighted by atomic mass is 35.5.